The van der Waals surface area contributed by atoms with Crippen molar-refractivity contribution in [3.05, 3.63) is 35.4 Å². The number of hydrogen-bond acceptors (Lipinski definition) is 10. The molecule has 152 valence electrons. The third kappa shape index (κ3) is 4.61. The molecular formula is C19H16O10. The third-order valence-corrected chi connectivity index (χ3v) is 3.98. The molecule has 29 heavy (non-hydrogen) atoms. The summed E-state index contributed by atoms with van der Waals surface area (Å²) in [5.74, 6) is -8.88. The Morgan fingerprint density at radius 2 is 0.828 bits per heavy atom. The number of rotatable bonds is 8. The van der Waals surface area contributed by atoms with Crippen molar-refractivity contribution in [1.29, 1.82) is 0 Å². The van der Waals surface area contributed by atoms with Gasteiger partial charge < -0.3 is 30.6 Å². The molecular weight excluding hydrogens is 388 g/mol. The Balaban J connectivity index is 1.97. The van der Waals surface area contributed by atoms with Gasteiger partial charge in [-0.3, -0.25) is 19.2 Å². The lowest BCUT2D eigenvalue weighted by molar-refractivity contribution is -0.116. The smallest absolute Gasteiger partial charge is 0.228 e. The Morgan fingerprint density at radius 1 is 0.552 bits per heavy atom. The molecule has 2 rings (SSSR count). The van der Waals surface area contributed by atoms with E-state index in [1.165, 1.54) is 0 Å². The molecule has 2 aromatic rings. The summed E-state index contributed by atoms with van der Waals surface area (Å²) in [6, 6.07) is 3.20. The third-order valence-electron chi connectivity index (χ3n) is 3.98. The number of benzene rings is 2. The molecule has 0 saturated heterocycles. The molecule has 6 N–H and O–H groups in total. The summed E-state index contributed by atoms with van der Waals surface area (Å²) in [5.41, 5.74) is -0.722. The van der Waals surface area contributed by atoms with Crippen LogP contribution in [-0.2, 0) is 9.59 Å². The summed E-state index contributed by atoms with van der Waals surface area (Å²) in [7, 11) is 0. The molecule has 0 aliphatic heterocycles. The van der Waals surface area contributed by atoms with Gasteiger partial charge in [-0.2, -0.15) is 0 Å². The van der Waals surface area contributed by atoms with Crippen LogP contribution >= 0.6 is 0 Å². The molecule has 0 spiro atoms. The minimum Gasteiger partial charge on any atom is -0.504 e. The number of carbonyl (C=O) groups excluding carboxylic acids is 4. The summed E-state index contributed by atoms with van der Waals surface area (Å²) >= 11 is 0. The number of carbonyl (C=O) groups is 4. The molecule has 10 nitrogen and oxygen atoms in total. The molecule has 0 aliphatic rings. The second-order valence-corrected chi connectivity index (χ2v) is 6.08. The molecule has 0 aliphatic carbocycles. The highest BCUT2D eigenvalue weighted by atomic mass is 16.3. The predicted molar refractivity (Wildman–Crippen MR) is 95.4 cm³/mol. The predicted octanol–water partition coefficient (Wildman–Crippen LogP) is 1.29. The lowest BCUT2D eigenvalue weighted by atomic mass is 9.99. The maximum Gasteiger partial charge on any atom is 0.228 e. The van der Waals surface area contributed by atoms with Crippen molar-refractivity contribution in [2.24, 2.45) is 0 Å². The lowest BCUT2D eigenvalue weighted by Crippen LogP contribution is -2.17. The van der Waals surface area contributed by atoms with Crippen LogP contribution < -0.4 is 0 Å². The number of phenolic OH excluding ortho intramolecular Hbond substituents is 6. The van der Waals surface area contributed by atoms with Crippen LogP contribution in [0.3, 0.4) is 0 Å². The second kappa shape index (κ2) is 8.30. The first-order chi connectivity index (χ1) is 13.5. The Kier molecular flexibility index (Phi) is 6.07. The molecule has 0 amide bonds. The fraction of sp³-hybridized carbons (Fsp3) is 0.158. The van der Waals surface area contributed by atoms with Gasteiger partial charge in [0.15, 0.2) is 34.5 Å². The van der Waals surface area contributed by atoms with Crippen molar-refractivity contribution in [1.82, 2.24) is 0 Å². The van der Waals surface area contributed by atoms with Crippen LogP contribution in [-0.4, -0.2) is 53.8 Å². The standard InChI is InChI=1S/C19H16O10/c20-10(16(26)8-4-12(22)18(28)13(23)5-8)2-1-3-11(21)17(27)9-6-14(24)19(29)15(25)7-9/h4-7,22-25,28-29H,1-3H2. The highest BCUT2D eigenvalue weighted by Crippen LogP contribution is 2.36. The van der Waals surface area contributed by atoms with Gasteiger partial charge in [-0.1, -0.05) is 0 Å². The molecule has 10 heteroatoms. The summed E-state index contributed by atoms with van der Waals surface area (Å²) in [6.07, 6.45) is -0.986. The van der Waals surface area contributed by atoms with E-state index in [1.54, 1.807) is 0 Å². The van der Waals surface area contributed by atoms with Gasteiger partial charge in [0.1, 0.15) is 0 Å². The number of phenols is 6. The molecule has 0 unspecified atom stereocenters. The van der Waals surface area contributed by atoms with E-state index < -0.39 is 70.5 Å². The first-order valence-corrected chi connectivity index (χ1v) is 8.17. The number of ketones is 4. The molecule has 0 bridgehead atoms. The zero-order chi connectivity index (χ0) is 21.9. The average molecular weight is 404 g/mol. The van der Waals surface area contributed by atoms with E-state index in [0.717, 1.165) is 24.3 Å². The van der Waals surface area contributed by atoms with E-state index >= 15 is 0 Å². The fourth-order valence-electron chi connectivity index (χ4n) is 2.43. The van der Waals surface area contributed by atoms with Crippen LogP contribution in [0.2, 0.25) is 0 Å². The van der Waals surface area contributed by atoms with E-state index in [4.69, 9.17) is 0 Å². The van der Waals surface area contributed by atoms with Gasteiger partial charge in [-0.15, -0.1) is 0 Å². The van der Waals surface area contributed by atoms with Crippen LogP contribution in [0, 0.1) is 0 Å². The number of hydrogen-bond donors (Lipinski definition) is 6. The number of Topliss-reactive ketones (excluding diaryl/α,β-unsaturated/α-hetero) is 4. The van der Waals surface area contributed by atoms with Crippen molar-refractivity contribution in [2.75, 3.05) is 0 Å². The van der Waals surface area contributed by atoms with Crippen molar-refractivity contribution in [3.8, 4) is 34.5 Å². The normalized spacial score (nSPS) is 10.5. The zero-order valence-electron chi connectivity index (χ0n) is 14.7. The first kappa shape index (κ1) is 21.2. The van der Waals surface area contributed by atoms with Crippen molar-refractivity contribution in [3.63, 3.8) is 0 Å². The van der Waals surface area contributed by atoms with Crippen LogP contribution in [0.25, 0.3) is 0 Å². The molecule has 2 aromatic carbocycles. The Bertz CT molecular complexity index is 894. The maximum absolute atomic E-state index is 12.0. The Morgan fingerprint density at radius 3 is 1.10 bits per heavy atom. The van der Waals surface area contributed by atoms with Crippen molar-refractivity contribution < 1.29 is 49.8 Å². The van der Waals surface area contributed by atoms with Crippen LogP contribution in [0.4, 0.5) is 0 Å². The molecule has 0 heterocycles. The van der Waals surface area contributed by atoms with E-state index in [1.807, 2.05) is 0 Å². The molecule has 0 atom stereocenters. The van der Waals surface area contributed by atoms with Gasteiger partial charge in [0, 0.05) is 24.0 Å². The minimum absolute atomic E-state index is 0.165. The highest BCUT2D eigenvalue weighted by Gasteiger charge is 2.22. The van der Waals surface area contributed by atoms with Gasteiger partial charge in [0.25, 0.3) is 0 Å². The molecule has 0 fully saturated rings. The van der Waals surface area contributed by atoms with E-state index in [9.17, 15) is 49.8 Å². The quantitative estimate of drug-likeness (QED) is 0.212. The van der Waals surface area contributed by atoms with Gasteiger partial charge >= 0.3 is 0 Å². The van der Waals surface area contributed by atoms with E-state index in [-0.39, 0.29) is 17.5 Å². The van der Waals surface area contributed by atoms with Gasteiger partial charge in [0.05, 0.1) is 0 Å². The van der Waals surface area contributed by atoms with Crippen molar-refractivity contribution in [2.45, 2.75) is 19.3 Å². The zero-order valence-corrected chi connectivity index (χ0v) is 14.7. The summed E-state index contributed by atoms with van der Waals surface area (Å²) in [5, 5.41) is 56.0. The SMILES string of the molecule is O=C(CCCC(=O)C(=O)c1cc(O)c(O)c(O)c1)C(=O)c1cc(O)c(O)c(O)c1. The summed E-state index contributed by atoms with van der Waals surface area (Å²) < 4.78 is 0. The average Bonchev–Trinajstić information content (AvgIpc) is 2.67. The second-order valence-electron chi connectivity index (χ2n) is 6.08. The van der Waals surface area contributed by atoms with Gasteiger partial charge in [0.2, 0.25) is 23.1 Å². The van der Waals surface area contributed by atoms with Crippen LogP contribution in [0.5, 0.6) is 34.5 Å². The summed E-state index contributed by atoms with van der Waals surface area (Å²) in [6.45, 7) is 0. The fourth-order valence-corrected chi connectivity index (χ4v) is 2.43. The lowest BCUT2D eigenvalue weighted by Gasteiger charge is -2.06. The maximum atomic E-state index is 12.0. The minimum atomic E-state index is -1.07. The first-order valence-electron chi connectivity index (χ1n) is 8.17. The largest absolute Gasteiger partial charge is 0.504 e. The van der Waals surface area contributed by atoms with E-state index in [2.05, 4.69) is 0 Å². The summed E-state index contributed by atoms with van der Waals surface area (Å²) in [4.78, 5) is 47.9. The van der Waals surface area contributed by atoms with Gasteiger partial charge in [-0.25, -0.2) is 0 Å². The molecule has 0 saturated carbocycles. The molecule has 0 radical (unpaired) electrons. The van der Waals surface area contributed by atoms with E-state index in [0.29, 0.717) is 0 Å². The highest BCUT2D eigenvalue weighted by molar-refractivity contribution is 6.45. The van der Waals surface area contributed by atoms with Crippen LogP contribution in [0.1, 0.15) is 40.0 Å². The Hall–Kier alpha value is -4.08. The monoisotopic (exact) mass is 404 g/mol. The topological polar surface area (TPSA) is 190 Å². The van der Waals surface area contributed by atoms with Crippen molar-refractivity contribution >= 4 is 23.1 Å². The molecule has 0 aromatic heterocycles. The number of aromatic hydroxyl groups is 6. The van der Waals surface area contributed by atoms with Crippen LogP contribution in [0.15, 0.2) is 24.3 Å². The van der Waals surface area contributed by atoms with Gasteiger partial charge in [-0.05, 0) is 30.7 Å². The Labute approximate surface area is 162 Å².